The van der Waals surface area contributed by atoms with Crippen LogP contribution in [0.1, 0.15) is 12.5 Å². The van der Waals surface area contributed by atoms with Gasteiger partial charge < -0.3 is 5.73 Å². The van der Waals surface area contributed by atoms with E-state index in [4.69, 9.17) is 5.73 Å². The van der Waals surface area contributed by atoms with E-state index in [1.54, 1.807) is 0 Å². The Morgan fingerprint density at radius 2 is 2.07 bits per heavy atom. The Balaban J connectivity index is 2.58. The summed E-state index contributed by atoms with van der Waals surface area (Å²) in [6.07, 6.45) is 3.86. The molecule has 78 valence electrons. The highest BCUT2D eigenvalue weighted by Crippen LogP contribution is 2.00. The second-order valence-corrected chi connectivity index (χ2v) is 3.41. The molecule has 0 unspecified atom stereocenters. The number of hydrogen-bond acceptors (Lipinski definition) is 2. The van der Waals surface area contributed by atoms with Gasteiger partial charge in [-0.15, -0.1) is 0 Å². The van der Waals surface area contributed by atoms with Crippen LogP contribution < -0.4 is 11.2 Å². The molecule has 3 N–H and O–H groups in total. The second-order valence-electron chi connectivity index (χ2n) is 2.97. The molecule has 0 saturated carbocycles. The Kier molecular flexibility index (Phi) is 4.50. The third kappa shape index (κ3) is 4.93. The van der Waals surface area contributed by atoms with Crippen molar-refractivity contribution in [3.63, 3.8) is 0 Å². The number of nitrogens with one attached hydrogen (secondary N) is 1. The average molecular weight is 219 g/mol. The third-order valence-corrected chi connectivity index (χ3v) is 1.75. The van der Waals surface area contributed by atoms with Gasteiger partial charge in [-0.2, -0.15) is 5.10 Å². The van der Waals surface area contributed by atoms with Crippen LogP contribution in [-0.2, 0) is 0 Å². The molecule has 1 aromatic rings. The fourth-order valence-electron chi connectivity index (χ4n) is 0.962. The topological polar surface area (TPSA) is 50.4 Å². The maximum atomic E-state index is 5.24. The van der Waals surface area contributed by atoms with Gasteiger partial charge in [-0.1, -0.05) is 36.4 Å². The molecule has 1 rings (SSSR count). The molecule has 3 nitrogen and oxygen atoms in total. The number of hydrazone groups is 1. The van der Waals surface area contributed by atoms with Crippen LogP contribution in [0.2, 0.25) is 0 Å². The quantitative estimate of drug-likeness (QED) is 0.464. The molecule has 1 aromatic carbocycles. The summed E-state index contributed by atoms with van der Waals surface area (Å²) in [5.41, 5.74) is 9.70. The fraction of sp³-hybridized carbons (Fsp3) is 0.0909. The van der Waals surface area contributed by atoms with E-state index in [9.17, 15) is 0 Å². The molecule has 0 aliphatic heterocycles. The highest BCUT2D eigenvalue weighted by Gasteiger charge is 1.86. The maximum absolute atomic E-state index is 5.24. The molecule has 0 amide bonds. The van der Waals surface area contributed by atoms with E-state index in [1.165, 1.54) is 0 Å². The number of hydrogen-bond donors (Lipinski definition) is 2. The van der Waals surface area contributed by atoms with Crippen LogP contribution in [0.5, 0.6) is 0 Å². The summed E-state index contributed by atoms with van der Waals surface area (Å²) in [5, 5.41) is 4.12. The molecule has 0 heterocycles. The van der Waals surface area contributed by atoms with Crippen LogP contribution in [-0.4, -0.2) is 10.8 Å². The minimum atomic E-state index is 0.169. The maximum Gasteiger partial charge on any atom is 0.184 e. The first kappa shape index (κ1) is 11.4. The van der Waals surface area contributed by atoms with Gasteiger partial charge in [-0.3, -0.25) is 5.43 Å². The van der Waals surface area contributed by atoms with E-state index in [2.05, 4.69) is 22.7 Å². The SMILES string of the molecule is CC(/C=C/c1ccccc1)=NNC(N)=S. The Morgan fingerprint density at radius 1 is 1.40 bits per heavy atom. The van der Waals surface area contributed by atoms with E-state index in [0.717, 1.165) is 11.3 Å². The third-order valence-electron chi connectivity index (χ3n) is 1.66. The molecule has 0 atom stereocenters. The first-order valence-corrected chi connectivity index (χ1v) is 4.92. The zero-order chi connectivity index (χ0) is 11.1. The van der Waals surface area contributed by atoms with Crippen molar-refractivity contribution >= 4 is 29.1 Å². The van der Waals surface area contributed by atoms with Crippen molar-refractivity contribution < 1.29 is 0 Å². The zero-order valence-electron chi connectivity index (χ0n) is 8.47. The van der Waals surface area contributed by atoms with Gasteiger partial charge in [0.25, 0.3) is 0 Å². The molecule has 4 heteroatoms. The van der Waals surface area contributed by atoms with Gasteiger partial charge in [0.1, 0.15) is 0 Å². The minimum absolute atomic E-state index is 0.169. The van der Waals surface area contributed by atoms with Crippen molar-refractivity contribution in [3.05, 3.63) is 42.0 Å². The van der Waals surface area contributed by atoms with Crippen LogP contribution in [0.25, 0.3) is 6.08 Å². The average Bonchev–Trinajstić information content (AvgIpc) is 2.25. The predicted molar refractivity (Wildman–Crippen MR) is 68.5 cm³/mol. The molecule has 0 aromatic heterocycles. The van der Waals surface area contributed by atoms with Crippen LogP contribution in [0, 0.1) is 0 Å². The smallest absolute Gasteiger partial charge is 0.184 e. The van der Waals surface area contributed by atoms with Crippen LogP contribution in [0.4, 0.5) is 0 Å². The molecule has 0 radical (unpaired) electrons. The number of allylic oxidation sites excluding steroid dienone is 1. The molecule has 15 heavy (non-hydrogen) atoms. The van der Waals surface area contributed by atoms with Gasteiger partial charge in [0.2, 0.25) is 0 Å². The Morgan fingerprint density at radius 3 is 2.67 bits per heavy atom. The first-order valence-electron chi connectivity index (χ1n) is 4.51. The Hall–Kier alpha value is -1.68. The van der Waals surface area contributed by atoms with Crippen LogP contribution >= 0.6 is 12.2 Å². The summed E-state index contributed by atoms with van der Waals surface area (Å²) in [5.74, 6) is 0. The molecule has 0 aliphatic carbocycles. The lowest BCUT2D eigenvalue weighted by molar-refractivity contribution is 1.03. The zero-order valence-corrected chi connectivity index (χ0v) is 9.29. The highest BCUT2D eigenvalue weighted by atomic mass is 32.1. The van der Waals surface area contributed by atoms with Gasteiger partial charge in [0, 0.05) is 0 Å². The van der Waals surface area contributed by atoms with E-state index in [1.807, 2.05) is 49.4 Å². The summed E-state index contributed by atoms with van der Waals surface area (Å²) < 4.78 is 0. The molecular weight excluding hydrogens is 206 g/mol. The summed E-state index contributed by atoms with van der Waals surface area (Å²) in [7, 11) is 0. The van der Waals surface area contributed by atoms with Crippen molar-refractivity contribution in [2.24, 2.45) is 10.8 Å². The van der Waals surface area contributed by atoms with Crippen molar-refractivity contribution in [3.8, 4) is 0 Å². The van der Waals surface area contributed by atoms with Gasteiger partial charge in [-0.25, -0.2) is 0 Å². The lowest BCUT2D eigenvalue weighted by Crippen LogP contribution is -2.24. The molecule has 0 saturated heterocycles. The lowest BCUT2D eigenvalue weighted by atomic mass is 10.2. The molecule has 0 aliphatic rings. The normalized spacial score (nSPS) is 11.7. The number of nitrogens with zero attached hydrogens (tertiary/aromatic N) is 1. The van der Waals surface area contributed by atoms with Gasteiger partial charge >= 0.3 is 0 Å². The fourth-order valence-corrected chi connectivity index (χ4v) is 1.01. The second kappa shape index (κ2) is 5.93. The molecule has 0 spiro atoms. The largest absolute Gasteiger partial charge is 0.375 e. The lowest BCUT2D eigenvalue weighted by Gasteiger charge is -1.96. The van der Waals surface area contributed by atoms with Crippen LogP contribution in [0.3, 0.4) is 0 Å². The van der Waals surface area contributed by atoms with E-state index < -0.39 is 0 Å². The monoisotopic (exact) mass is 219 g/mol. The summed E-state index contributed by atoms with van der Waals surface area (Å²) >= 11 is 4.63. The summed E-state index contributed by atoms with van der Waals surface area (Å²) in [6.45, 7) is 1.87. The van der Waals surface area contributed by atoms with E-state index in [0.29, 0.717) is 0 Å². The summed E-state index contributed by atoms with van der Waals surface area (Å²) in [6, 6.07) is 9.99. The van der Waals surface area contributed by atoms with Gasteiger partial charge in [0.05, 0.1) is 5.71 Å². The van der Waals surface area contributed by atoms with E-state index in [-0.39, 0.29) is 5.11 Å². The van der Waals surface area contributed by atoms with Gasteiger partial charge in [-0.05, 0) is 30.8 Å². The first-order chi connectivity index (χ1) is 7.18. The Bertz CT molecular complexity index is 382. The molecular formula is C11H13N3S. The van der Waals surface area contributed by atoms with Crippen molar-refractivity contribution in [2.75, 3.05) is 0 Å². The van der Waals surface area contributed by atoms with Crippen molar-refractivity contribution in [1.29, 1.82) is 0 Å². The standard InChI is InChI=1S/C11H13N3S/c1-9(13-14-11(12)15)7-8-10-5-3-2-4-6-10/h2-8H,1H3,(H3,12,14,15)/b8-7+,13-9?. The van der Waals surface area contributed by atoms with Gasteiger partial charge in [0.15, 0.2) is 5.11 Å². The number of thiocarbonyl (C=S) groups is 1. The Labute approximate surface area is 94.7 Å². The highest BCUT2D eigenvalue weighted by molar-refractivity contribution is 7.80. The van der Waals surface area contributed by atoms with Crippen LogP contribution in [0.15, 0.2) is 41.5 Å². The number of nitrogens with two attached hydrogens (primary N) is 1. The minimum Gasteiger partial charge on any atom is -0.375 e. The summed E-state index contributed by atoms with van der Waals surface area (Å²) in [4.78, 5) is 0. The van der Waals surface area contributed by atoms with E-state index >= 15 is 0 Å². The van der Waals surface area contributed by atoms with Crippen molar-refractivity contribution in [1.82, 2.24) is 5.43 Å². The number of rotatable bonds is 3. The predicted octanol–water partition coefficient (Wildman–Crippen LogP) is 1.91. The van der Waals surface area contributed by atoms with Crippen molar-refractivity contribution in [2.45, 2.75) is 6.92 Å². The number of benzene rings is 1. The molecule has 0 fully saturated rings. The molecule has 0 bridgehead atoms.